The molecule has 2 aliphatic carbocycles. The van der Waals surface area contributed by atoms with Crippen molar-refractivity contribution in [2.75, 3.05) is 13.7 Å². The van der Waals surface area contributed by atoms with Gasteiger partial charge in [0, 0.05) is 33.8 Å². The van der Waals surface area contributed by atoms with Crippen molar-refractivity contribution in [3.8, 4) is 0 Å². The molecule has 0 aromatic carbocycles. The number of hydrogen-bond acceptors (Lipinski definition) is 7. The molecule has 0 amide bonds. The number of nitrogens with two attached hydrogens (primary N) is 2. The third-order valence-corrected chi connectivity index (χ3v) is 10.2. The van der Waals surface area contributed by atoms with Crippen LogP contribution in [0.5, 0.6) is 0 Å². The average molecular weight is 582 g/mol. The van der Waals surface area contributed by atoms with Crippen molar-refractivity contribution in [2.45, 2.75) is 148 Å². The maximum absolute atomic E-state index is 12.3. The van der Waals surface area contributed by atoms with Gasteiger partial charge in [-0.15, -0.1) is 0 Å². The highest BCUT2D eigenvalue weighted by molar-refractivity contribution is 5.66. The molecule has 41 heavy (non-hydrogen) atoms. The van der Waals surface area contributed by atoms with Crippen LogP contribution in [0.25, 0.3) is 0 Å². The normalized spacial score (nSPS) is 34.7. The maximum Gasteiger partial charge on any atom is 0.302 e. The molecule has 10 atom stereocenters. The number of rotatable bonds is 12. The lowest BCUT2D eigenvalue weighted by Gasteiger charge is -2.44. The maximum atomic E-state index is 12.3. The zero-order valence-electron chi connectivity index (χ0n) is 26.6. The molecule has 2 saturated carbocycles. The highest BCUT2D eigenvalue weighted by Gasteiger charge is 2.42. The number of aliphatic hydroxyl groups excluding tert-OH is 1. The van der Waals surface area contributed by atoms with Gasteiger partial charge >= 0.3 is 11.9 Å². The number of carbonyl (C=O) groups is 2. The van der Waals surface area contributed by atoms with Gasteiger partial charge in [-0.3, -0.25) is 15.3 Å². The van der Waals surface area contributed by atoms with Gasteiger partial charge in [0.1, 0.15) is 18.4 Å². The molecule has 0 aromatic heterocycles. The van der Waals surface area contributed by atoms with Crippen molar-refractivity contribution >= 4 is 11.9 Å². The minimum Gasteiger partial charge on any atom is -0.462 e. The van der Waals surface area contributed by atoms with Crippen LogP contribution in [0, 0.1) is 35.5 Å². The summed E-state index contributed by atoms with van der Waals surface area (Å²) < 4.78 is 17.6. The third kappa shape index (κ3) is 11.4. The molecule has 8 heteroatoms. The molecule has 1 saturated heterocycles. The van der Waals surface area contributed by atoms with Crippen molar-refractivity contribution in [1.29, 1.82) is 0 Å². The fourth-order valence-electron chi connectivity index (χ4n) is 8.46. The van der Waals surface area contributed by atoms with Crippen molar-refractivity contribution in [2.24, 2.45) is 41.2 Å². The summed E-state index contributed by atoms with van der Waals surface area (Å²) in [5.74, 6) is 2.26. The summed E-state index contributed by atoms with van der Waals surface area (Å²) in [4.78, 5) is 24.5. The van der Waals surface area contributed by atoms with Crippen molar-refractivity contribution in [1.82, 2.24) is 0 Å². The summed E-state index contributed by atoms with van der Waals surface area (Å²) in [7, 11) is 1.68. The van der Waals surface area contributed by atoms with Crippen LogP contribution < -0.4 is 11.1 Å². The lowest BCUT2D eigenvalue weighted by Crippen LogP contribution is -2.94. The molecule has 0 radical (unpaired) electrons. The third-order valence-electron chi connectivity index (χ3n) is 10.2. The van der Waals surface area contributed by atoms with Crippen LogP contribution in [0.4, 0.5) is 0 Å². The second kappa shape index (κ2) is 17.2. The minimum atomic E-state index is -0.459. The predicted octanol–water partition coefficient (Wildman–Crippen LogP) is 4.31. The molecule has 0 spiro atoms. The SMILES string of the molecule is COC1CC(CC[C@H](C[C@@H](OC(C)=O)[C@H]2CCCCC[C@H](CC(C)C)C2)OC(C)=O)C(C2CC[NH2+]C(N)C2)CC1O. The fourth-order valence-corrected chi connectivity index (χ4v) is 8.46. The Morgan fingerprint density at radius 3 is 2.37 bits per heavy atom. The molecular weight excluding hydrogens is 520 g/mol. The van der Waals surface area contributed by atoms with E-state index >= 15 is 0 Å². The first-order valence-corrected chi connectivity index (χ1v) is 16.7. The van der Waals surface area contributed by atoms with Gasteiger partial charge in [-0.2, -0.15) is 0 Å². The van der Waals surface area contributed by atoms with Crippen LogP contribution >= 0.6 is 0 Å². The Balaban J connectivity index is 1.74. The topological polar surface area (TPSA) is 125 Å². The molecule has 3 fully saturated rings. The van der Waals surface area contributed by atoms with Crippen LogP contribution in [-0.2, 0) is 23.8 Å². The Morgan fingerprint density at radius 2 is 1.71 bits per heavy atom. The number of carbonyl (C=O) groups excluding carboxylic acids is 2. The van der Waals surface area contributed by atoms with Crippen molar-refractivity contribution in [3.63, 3.8) is 0 Å². The average Bonchev–Trinajstić information content (AvgIpc) is 2.87. The predicted molar refractivity (Wildman–Crippen MR) is 160 cm³/mol. The van der Waals surface area contributed by atoms with E-state index in [1.165, 1.54) is 39.5 Å². The second-order valence-corrected chi connectivity index (χ2v) is 14.0. The van der Waals surface area contributed by atoms with Gasteiger partial charge in [0.15, 0.2) is 0 Å². The molecule has 1 aliphatic heterocycles. The van der Waals surface area contributed by atoms with E-state index in [0.717, 1.165) is 64.3 Å². The Hall–Kier alpha value is -1.22. The number of quaternary nitrogens is 1. The van der Waals surface area contributed by atoms with Crippen LogP contribution in [0.1, 0.15) is 118 Å². The standard InChI is InChI=1S/C33H60N2O6/c1-21(2)15-24-9-7-6-8-10-27(16-24)31(41-23(4)37)19-28(40-22(3)36)12-11-25-17-32(39-5)30(38)20-29(25)26-13-14-35-33(34)18-26/h21,24-33,35,38H,6-20,34H2,1-5H3/p+1/t24-,25?,26?,27+,28-,29?,30?,31-,32?,33?/m1/s1. The quantitative estimate of drug-likeness (QED) is 0.293. The molecule has 3 rings (SSSR count). The summed E-state index contributed by atoms with van der Waals surface area (Å²) in [6.45, 7) is 8.58. The van der Waals surface area contributed by atoms with E-state index in [9.17, 15) is 14.7 Å². The second-order valence-electron chi connectivity index (χ2n) is 14.0. The number of esters is 2. The molecule has 5 N–H and O–H groups in total. The molecule has 0 aromatic rings. The highest BCUT2D eigenvalue weighted by Crippen LogP contribution is 2.43. The number of ether oxygens (including phenoxy) is 3. The van der Waals surface area contributed by atoms with Crippen LogP contribution in [0.3, 0.4) is 0 Å². The van der Waals surface area contributed by atoms with Gasteiger partial charge < -0.3 is 24.6 Å². The van der Waals surface area contributed by atoms with E-state index in [1.54, 1.807) is 7.11 Å². The molecule has 238 valence electrons. The molecular formula is C33H61N2O6+. The van der Waals surface area contributed by atoms with Crippen LogP contribution in [0.2, 0.25) is 0 Å². The lowest BCUT2D eigenvalue weighted by molar-refractivity contribution is -0.699. The number of piperidine rings is 1. The van der Waals surface area contributed by atoms with E-state index in [1.807, 2.05) is 0 Å². The van der Waals surface area contributed by atoms with Gasteiger partial charge in [-0.05, 0) is 86.9 Å². The summed E-state index contributed by atoms with van der Waals surface area (Å²) >= 11 is 0. The zero-order valence-corrected chi connectivity index (χ0v) is 26.6. The lowest BCUT2D eigenvalue weighted by atomic mass is 9.66. The van der Waals surface area contributed by atoms with Crippen molar-refractivity contribution in [3.05, 3.63) is 0 Å². The Morgan fingerprint density at radius 1 is 0.976 bits per heavy atom. The first-order chi connectivity index (χ1) is 19.5. The first-order valence-electron chi connectivity index (χ1n) is 16.7. The van der Waals surface area contributed by atoms with Crippen LogP contribution in [0.15, 0.2) is 0 Å². The molecule has 8 nitrogen and oxygen atoms in total. The van der Waals surface area contributed by atoms with Gasteiger partial charge in [0.05, 0.1) is 18.8 Å². The van der Waals surface area contributed by atoms with Gasteiger partial charge in [-0.25, -0.2) is 0 Å². The monoisotopic (exact) mass is 581 g/mol. The molecule has 3 aliphatic rings. The summed E-state index contributed by atoms with van der Waals surface area (Å²) in [5.41, 5.74) is 6.32. The summed E-state index contributed by atoms with van der Waals surface area (Å²) in [6.07, 6.45) is 12.9. The number of hydrogen-bond donors (Lipinski definition) is 3. The first kappa shape index (κ1) is 34.3. The number of aliphatic hydroxyl groups is 1. The highest BCUT2D eigenvalue weighted by atomic mass is 16.6. The molecule has 0 bridgehead atoms. The van der Waals surface area contributed by atoms with E-state index in [0.29, 0.717) is 36.0 Å². The van der Waals surface area contributed by atoms with Gasteiger partial charge in [0.2, 0.25) is 0 Å². The summed E-state index contributed by atoms with van der Waals surface area (Å²) in [5, 5.41) is 13.1. The Bertz CT molecular complexity index is 794. The van der Waals surface area contributed by atoms with E-state index in [2.05, 4.69) is 19.2 Å². The van der Waals surface area contributed by atoms with Gasteiger partial charge in [-0.1, -0.05) is 39.5 Å². The molecule has 1 heterocycles. The molecule has 6 unspecified atom stereocenters. The van der Waals surface area contributed by atoms with Crippen molar-refractivity contribution < 1.29 is 34.2 Å². The van der Waals surface area contributed by atoms with Gasteiger partial charge in [0.25, 0.3) is 0 Å². The van der Waals surface area contributed by atoms with Crippen LogP contribution in [-0.4, -0.2) is 61.3 Å². The van der Waals surface area contributed by atoms with E-state index in [-0.39, 0.29) is 42.3 Å². The smallest absolute Gasteiger partial charge is 0.302 e. The Kier molecular flexibility index (Phi) is 14.4. The number of methoxy groups -OCH3 is 1. The van der Waals surface area contributed by atoms with E-state index < -0.39 is 6.10 Å². The largest absolute Gasteiger partial charge is 0.462 e. The summed E-state index contributed by atoms with van der Waals surface area (Å²) in [6, 6.07) is 0. The van der Waals surface area contributed by atoms with E-state index in [4.69, 9.17) is 19.9 Å². The zero-order chi connectivity index (χ0) is 29.9. The Labute approximate surface area is 249 Å². The minimum absolute atomic E-state index is 0.119. The fraction of sp³-hybridized carbons (Fsp3) is 0.939.